The molecule has 0 aliphatic heterocycles. The molecule has 3 nitrogen and oxygen atoms in total. The van der Waals surface area contributed by atoms with Crippen molar-refractivity contribution in [2.24, 2.45) is 5.92 Å². The number of nitrogens with two attached hydrogens (primary N) is 1. The summed E-state index contributed by atoms with van der Waals surface area (Å²) < 4.78 is 0. The Kier molecular flexibility index (Phi) is 4.99. The third-order valence-corrected chi connectivity index (χ3v) is 5.54. The number of aromatic nitrogens is 1. The second-order valence-corrected chi connectivity index (χ2v) is 7.07. The summed E-state index contributed by atoms with van der Waals surface area (Å²) in [6.45, 7) is 2.20. The maximum absolute atomic E-state index is 9.65. The van der Waals surface area contributed by atoms with Crippen molar-refractivity contribution in [3.8, 4) is 17.2 Å². The molecule has 24 heavy (non-hydrogen) atoms. The van der Waals surface area contributed by atoms with Crippen molar-refractivity contribution < 1.29 is 0 Å². The molecule has 124 valence electrons. The van der Waals surface area contributed by atoms with Crippen LogP contribution in [-0.4, -0.2) is 4.98 Å². The van der Waals surface area contributed by atoms with E-state index in [0.717, 1.165) is 48.1 Å². The Bertz CT molecular complexity index is 824. The van der Waals surface area contributed by atoms with Crippen LogP contribution < -0.4 is 5.73 Å². The first kappa shape index (κ1) is 17.1. The molecule has 3 rings (SSSR count). The maximum atomic E-state index is 9.65. The molecule has 1 aliphatic carbocycles. The number of hydrogen-bond donors (Lipinski definition) is 1. The number of nitrogens with zero attached hydrogens (tertiary/aromatic N) is 2. The Hall–Kier alpha value is -1.76. The van der Waals surface area contributed by atoms with Crippen LogP contribution in [0.1, 0.15) is 43.0 Å². The topological polar surface area (TPSA) is 62.7 Å². The Morgan fingerprint density at radius 3 is 2.88 bits per heavy atom. The van der Waals surface area contributed by atoms with Gasteiger partial charge in [0, 0.05) is 16.8 Å². The molecular formula is C19H19Cl2N3. The van der Waals surface area contributed by atoms with E-state index in [0.29, 0.717) is 21.5 Å². The predicted octanol–water partition coefficient (Wildman–Crippen LogP) is 5.41. The number of pyridine rings is 1. The highest BCUT2D eigenvalue weighted by molar-refractivity contribution is 6.43. The molecule has 0 radical (unpaired) electrons. The van der Waals surface area contributed by atoms with Crippen LogP contribution in [0.3, 0.4) is 0 Å². The maximum Gasteiger partial charge on any atom is 0.142 e. The highest BCUT2D eigenvalue weighted by Crippen LogP contribution is 2.42. The van der Waals surface area contributed by atoms with E-state index in [1.807, 2.05) is 12.1 Å². The Labute approximate surface area is 152 Å². The molecule has 0 fully saturated rings. The van der Waals surface area contributed by atoms with Gasteiger partial charge in [-0.3, -0.25) is 0 Å². The number of benzene rings is 1. The van der Waals surface area contributed by atoms with Gasteiger partial charge in [0.25, 0.3) is 0 Å². The fraction of sp³-hybridized carbons (Fsp3) is 0.368. The predicted molar refractivity (Wildman–Crippen MR) is 99.2 cm³/mol. The molecule has 0 spiro atoms. The minimum absolute atomic E-state index is 0.274. The molecule has 2 N–H and O–H groups in total. The highest BCUT2D eigenvalue weighted by Gasteiger charge is 2.27. The summed E-state index contributed by atoms with van der Waals surface area (Å²) in [4.78, 5) is 4.50. The van der Waals surface area contributed by atoms with Crippen molar-refractivity contribution >= 4 is 29.0 Å². The van der Waals surface area contributed by atoms with Gasteiger partial charge in [-0.15, -0.1) is 0 Å². The van der Waals surface area contributed by atoms with E-state index < -0.39 is 0 Å². The van der Waals surface area contributed by atoms with Crippen molar-refractivity contribution in [2.45, 2.75) is 39.0 Å². The average molecular weight is 360 g/mol. The lowest BCUT2D eigenvalue weighted by molar-refractivity contribution is 0.419. The monoisotopic (exact) mass is 359 g/mol. The SMILES string of the molecule is CCCC1CCc2nc(N)c(C#N)c(-c3cccc(Cl)c3Cl)c2C1. The zero-order valence-corrected chi connectivity index (χ0v) is 15.1. The molecule has 1 aromatic heterocycles. The number of nitriles is 1. The lowest BCUT2D eigenvalue weighted by Crippen LogP contribution is -2.18. The Balaban J connectivity index is 2.26. The molecule has 0 amide bonds. The van der Waals surface area contributed by atoms with Crippen LogP contribution in [0.4, 0.5) is 5.82 Å². The smallest absolute Gasteiger partial charge is 0.142 e. The van der Waals surface area contributed by atoms with Gasteiger partial charge in [-0.1, -0.05) is 55.1 Å². The van der Waals surface area contributed by atoms with Crippen molar-refractivity contribution in [3.63, 3.8) is 0 Å². The summed E-state index contributed by atoms with van der Waals surface area (Å²) in [6.07, 6.45) is 5.24. The van der Waals surface area contributed by atoms with Crippen molar-refractivity contribution in [2.75, 3.05) is 5.73 Å². The van der Waals surface area contributed by atoms with E-state index >= 15 is 0 Å². The highest BCUT2D eigenvalue weighted by atomic mass is 35.5. The Morgan fingerprint density at radius 1 is 1.38 bits per heavy atom. The molecule has 1 unspecified atom stereocenters. The summed E-state index contributed by atoms with van der Waals surface area (Å²) in [7, 11) is 0. The quantitative estimate of drug-likeness (QED) is 0.796. The third-order valence-electron chi connectivity index (χ3n) is 4.72. The molecule has 1 heterocycles. The first-order chi connectivity index (χ1) is 11.6. The van der Waals surface area contributed by atoms with Gasteiger partial charge in [0.2, 0.25) is 0 Å². The summed E-state index contributed by atoms with van der Waals surface area (Å²) >= 11 is 12.6. The van der Waals surface area contributed by atoms with Crippen molar-refractivity contribution in [3.05, 3.63) is 45.1 Å². The van der Waals surface area contributed by atoms with Gasteiger partial charge >= 0.3 is 0 Å². The summed E-state index contributed by atoms with van der Waals surface area (Å²) in [5.41, 5.74) is 10.1. The number of fused-ring (bicyclic) bond motifs is 1. The molecular weight excluding hydrogens is 341 g/mol. The van der Waals surface area contributed by atoms with Gasteiger partial charge in [-0.05, 0) is 36.8 Å². The lowest BCUT2D eigenvalue weighted by atomic mass is 9.79. The number of nitrogen functional groups attached to an aromatic ring is 1. The summed E-state index contributed by atoms with van der Waals surface area (Å²) in [5, 5.41) is 10.6. The third kappa shape index (κ3) is 2.97. The zero-order valence-electron chi connectivity index (χ0n) is 13.6. The van der Waals surface area contributed by atoms with Crippen molar-refractivity contribution in [1.82, 2.24) is 4.98 Å². The van der Waals surface area contributed by atoms with Crippen LogP contribution in [-0.2, 0) is 12.8 Å². The first-order valence-corrected chi connectivity index (χ1v) is 8.98. The molecule has 1 aromatic carbocycles. The number of rotatable bonds is 3. The number of anilines is 1. The minimum atomic E-state index is 0.274. The summed E-state index contributed by atoms with van der Waals surface area (Å²) in [5.74, 6) is 0.882. The van der Waals surface area contributed by atoms with Crippen LogP contribution in [0.5, 0.6) is 0 Å². The molecule has 0 saturated heterocycles. The number of halogens is 2. The van der Waals surface area contributed by atoms with E-state index in [1.165, 1.54) is 6.42 Å². The van der Waals surface area contributed by atoms with E-state index in [1.54, 1.807) is 6.07 Å². The van der Waals surface area contributed by atoms with Crippen LogP contribution in [0.2, 0.25) is 10.0 Å². The van der Waals surface area contributed by atoms with Gasteiger partial charge in [0.1, 0.15) is 17.5 Å². The van der Waals surface area contributed by atoms with E-state index in [9.17, 15) is 5.26 Å². The minimum Gasteiger partial charge on any atom is -0.383 e. The normalized spacial score (nSPS) is 16.5. The molecule has 5 heteroatoms. The summed E-state index contributed by atoms with van der Waals surface area (Å²) in [6, 6.07) is 7.71. The molecule has 2 aromatic rings. The van der Waals surface area contributed by atoms with Crippen LogP contribution in [0, 0.1) is 17.2 Å². The molecule has 1 aliphatic rings. The first-order valence-electron chi connectivity index (χ1n) is 8.22. The van der Waals surface area contributed by atoms with Crippen molar-refractivity contribution in [1.29, 1.82) is 5.26 Å². The van der Waals surface area contributed by atoms with Gasteiger partial charge in [0.05, 0.1) is 10.0 Å². The van der Waals surface area contributed by atoms with E-state index in [4.69, 9.17) is 28.9 Å². The molecule has 0 bridgehead atoms. The van der Waals surface area contributed by atoms with Crippen LogP contribution >= 0.6 is 23.2 Å². The largest absolute Gasteiger partial charge is 0.383 e. The van der Waals surface area contributed by atoms with Gasteiger partial charge < -0.3 is 5.73 Å². The number of aryl methyl sites for hydroxylation is 1. The zero-order chi connectivity index (χ0) is 17.3. The standard InChI is InChI=1S/C19H19Cl2N3/c1-2-4-11-7-8-16-13(9-11)17(14(10-22)19(23)24-16)12-5-3-6-15(20)18(12)21/h3,5-6,11H,2,4,7-9H2,1H3,(H2,23,24). The average Bonchev–Trinajstić information content (AvgIpc) is 2.57. The lowest BCUT2D eigenvalue weighted by Gasteiger charge is -2.27. The molecule has 0 saturated carbocycles. The van der Waals surface area contributed by atoms with Crippen LogP contribution in [0.25, 0.3) is 11.1 Å². The van der Waals surface area contributed by atoms with Gasteiger partial charge in [-0.2, -0.15) is 5.26 Å². The van der Waals surface area contributed by atoms with E-state index in [-0.39, 0.29) is 5.82 Å². The number of hydrogen-bond acceptors (Lipinski definition) is 3. The fourth-order valence-electron chi connectivity index (χ4n) is 3.61. The fourth-order valence-corrected chi connectivity index (χ4v) is 4.01. The van der Waals surface area contributed by atoms with Gasteiger partial charge in [-0.25, -0.2) is 4.98 Å². The molecule has 1 atom stereocenters. The second kappa shape index (κ2) is 7.01. The van der Waals surface area contributed by atoms with Crippen LogP contribution in [0.15, 0.2) is 18.2 Å². The Morgan fingerprint density at radius 2 is 2.17 bits per heavy atom. The van der Waals surface area contributed by atoms with E-state index in [2.05, 4.69) is 18.0 Å². The second-order valence-electron chi connectivity index (χ2n) is 6.28. The van der Waals surface area contributed by atoms with Gasteiger partial charge in [0.15, 0.2) is 0 Å².